The molecule has 0 unspecified atom stereocenters. The molecule has 1 aliphatic carbocycles. The fourth-order valence-electron chi connectivity index (χ4n) is 19.5. The van der Waals surface area contributed by atoms with E-state index in [-0.39, 0.29) is 5.41 Å². The van der Waals surface area contributed by atoms with Gasteiger partial charge in [-0.15, -0.1) is 0 Å². The lowest BCUT2D eigenvalue weighted by Crippen LogP contribution is -2.16. The summed E-state index contributed by atoms with van der Waals surface area (Å²) in [4.78, 5) is 4.69. The number of para-hydroxylation sites is 3. The van der Waals surface area contributed by atoms with Crippen LogP contribution in [0.2, 0.25) is 0 Å². The summed E-state index contributed by atoms with van der Waals surface area (Å²) in [6.07, 6.45) is 0. The maximum atomic E-state index is 2.49. The van der Waals surface area contributed by atoms with Crippen LogP contribution in [0.1, 0.15) is 25.0 Å². The SMILES string of the molecule is CC1(C)c2cc(-c3cccc4c(-c5ccccc5)c(-c5ccccc5)c(-c5ccccc5)c(-c5ccccc5)c34)ccc2-c2ccc(N(c3ccccc3)c3ccccc3)cc21.c1ccc(-c2ccc(N(c3ccccc3)c3ccc(-c4ccc(-c5cccc6c(-c7ccccc7)c(-c7ccccc7)c(-c7ccccc7)c(-c7ccccc7)c56)cc4)cc3)cc2)cc1. The molecule has 0 aliphatic heterocycles. The quantitative estimate of drug-likeness (QED) is 0.0845. The van der Waals surface area contributed by atoms with Gasteiger partial charge in [0.05, 0.1) is 0 Å². The summed E-state index contributed by atoms with van der Waals surface area (Å²) >= 11 is 0. The zero-order valence-electron chi connectivity index (χ0n) is 70.9. The largest absolute Gasteiger partial charge is 0.311 e. The molecule has 0 fully saturated rings. The summed E-state index contributed by atoms with van der Waals surface area (Å²) in [6, 6.07) is 185. The monoisotopic (exact) mass is 1620 g/mol. The van der Waals surface area contributed by atoms with Crippen LogP contribution in [0, 0.1) is 0 Å². The maximum absolute atomic E-state index is 2.49. The Bertz CT molecular complexity index is 7410. The Morgan fingerprint density at radius 3 is 0.701 bits per heavy atom. The summed E-state index contributed by atoms with van der Waals surface area (Å²) in [5.74, 6) is 0. The van der Waals surface area contributed by atoms with Gasteiger partial charge in [-0.25, -0.2) is 0 Å². The molecule has 21 aromatic carbocycles. The standard InChI is InChI=1S/C64H45N.C61H45N/c1-7-20-46(21-8-1)48-38-42-56(43-39-48)65(55-30-17-6-18-31-55)57-44-40-49(41-45-57)47-34-36-50(37-35-47)58-32-19-33-59-60(51-22-9-2-10-23-51)61(52-24-11-3-12-25-52)62(53-26-13-4-14-27-53)63(64(58)59)54-28-15-5-16-29-54;1-61(2)54-40-46(36-38-51(54)52-39-37-49(41-55(52)61)62(47-30-17-7-18-31-47)48-32-19-8-20-33-48)50-34-21-35-53-56(42-22-9-3-10-23-42)57(43-24-11-4-12-25-43)58(44-26-13-5-14-27-44)59(60(50)53)45-28-15-6-16-29-45/h1-45H;3-41H,1-2H3. The number of anilines is 6. The van der Waals surface area contributed by atoms with Gasteiger partial charge < -0.3 is 9.80 Å². The van der Waals surface area contributed by atoms with Crippen molar-refractivity contribution in [3.8, 4) is 145 Å². The first-order chi connectivity index (χ1) is 62.8. The van der Waals surface area contributed by atoms with Crippen molar-refractivity contribution >= 4 is 55.7 Å². The van der Waals surface area contributed by atoms with Crippen LogP contribution in [-0.4, -0.2) is 0 Å². The van der Waals surface area contributed by atoms with Crippen LogP contribution in [0.5, 0.6) is 0 Å². The Hall–Kier alpha value is -16.3. The van der Waals surface area contributed by atoms with Gasteiger partial charge >= 0.3 is 0 Å². The van der Waals surface area contributed by atoms with Gasteiger partial charge in [0.1, 0.15) is 0 Å². The van der Waals surface area contributed by atoms with Gasteiger partial charge in [0, 0.05) is 39.5 Å². The predicted molar refractivity (Wildman–Crippen MR) is 540 cm³/mol. The molecule has 0 radical (unpaired) electrons. The van der Waals surface area contributed by atoms with Crippen LogP contribution in [0.4, 0.5) is 34.1 Å². The van der Waals surface area contributed by atoms with Gasteiger partial charge in [0.2, 0.25) is 0 Å². The molecule has 0 spiro atoms. The normalized spacial score (nSPS) is 11.8. The zero-order valence-corrected chi connectivity index (χ0v) is 70.9. The molecule has 2 heteroatoms. The summed E-state index contributed by atoms with van der Waals surface area (Å²) in [7, 11) is 0. The van der Waals surface area contributed by atoms with Crippen LogP contribution >= 0.6 is 0 Å². The molecule has 0 N–H and O–H groups in total. The molecular weight excluding hydrogens is 1530 g/mol. The summed E-state index contributed by atoms with van der Waals surface area (Å²) < 4.78 is 0. The van der Waals surface area contributed by atoms with Crippen LogP contribution in [-0.2, 0) is 5.41 Å². The fraction of sp³-hybridized carbons (Fsp3) is 0.0240. The molecule has 600 valence electrons. The first kappa shape index (κ1) is 78.0. The first-order valence-corrected chi connectivity index (χ1v) is 43.9. The van der Waals surface area contributed by atoms with Crippen LogP contribution < -0.4 is 9.80 Å². The minimum atomic E-state index is -0.243. The molecule has 0 bridgehead atoms. The summed E-state index contributed by atoms with van der Waals surface area (Å²) in [6.45, 7) is 4.79. The lowest BCUT2D eigenvalue weighted by molar-refractivity contribution is 0.660. The molecule has 0 saturated carbocycles. The highest BCUT2D eigenvalue weighted by Crippen LogP contribution is 2.58. The van der Waals surface area contributed by atoms with Gasteiger partial charge in [-0.1, -0.05) is 445 Å². The van der Waals surface area contributed by atoms with E-state index in [9.17, 15) is 0 Å². The Balaban J connectivity index is 0.000000155. The maximum Gasteiger partial charge on any atom is 0.0465 e. The smallest absolute Gasteiger partial charge is 0.0465 e. The number of benzene rings is 21. The number of rotatable bonds is 18. The molecule has 0 heterocycles. The third-order valence-electron chi connectivity index (χ3n) is 25.3. The van der Waals surface area contributed by atoms with Gasteiger partial charge in [-0.3, -0.25) is 0 Å². The second-order valence-corrected chi connectivity index (χ2v) is 33.2. The van der Waals surface area contributed by atoms with Crippen molar-refractivity contribution in [3.05, 3.63) is 521 Å². The topological polar surface area (TPSA) is 6.48 Å². The van der Waals surface area contributed by atoms with E-state index >= 15 is 0 Å². The van der Waals surface area contributed by atoms with E-state index in [1.165, 1.54) is 177 Å². The highest BCUT2D eigenvalue weighted by atomic mass is 15.1. The lowest BCUT2D eigenvalue weighted by atomic mass is 9.77. The number of fused-ring (bicyclic) bond motifs is 5. The van der Waals surface area contributed by atoms with Gasteiger partial charge in [0.15, 0.2) is 0 Å². The molecule has 0 saturated heterocycles. The molecular formula is C125H90N2. The molecule has 0 amide bonds. The molecule has 2 nitrogen and oxygen atoms in total. The zero-order chi connectivity index (χ0) is 85.0. The Labute approximate surface area is 744 Å². The minimum Gasteiger partial charge on any atom is -0.311 e. The molecule has 127 heavy (non-hydrogen) atoms. The Kier molecular flexibility index (Phi) is 21.2. The molecule has 21 aromatic rings. The van der Waals surface area contributed by atoms with Gasteiger partial charge in [-0.2, -0.15) is 0 Å². The highest BCUT2D eigenvalue weighted by Gasteiger charge is 2.38. The highest BCUT2D eigenvalue weighted by molar-refractivity contribution is 6.24. The molecule has 0 aromatic heterocycles. The molecule has 1 aliphatic rings. The minimum absolute atomic E-state index is 0.243. The predicted octanol–water partition coefficient (Wildman–Crippen LogP) is 34.9. The number of hydrogen-bond acceptors (Lipinski definition) is 2. The van der Waals surface area contributed by atoms with E-state index in [2.05, 4.69) is 533 Å². The van der Waals surface area contributed by atoms with Crippen molar-refractivity contribution < 1.29 is 0 Å². The second-order valence-electron chi connectivity index (χ2n) is 33.2. The first-order valence-electron chi connectivity index (χ1n) is 43.9. The van der Waals surface area contributed by atoms with E-state index in [0.29, 0.717) is 0 Å². The lowest BCUT2D eigenvalue weighted by Gasteiger charge is -2.28. The van der Waals surface area contributed by atoms with E-state index in [0.717, 1.165) is 34.1 Å². The summed E-state index contributed by atoms with van der Waals surface area (Å²) in [5.41, 5.74) is 40.8. The Morgan fingerprint density at radius 1 is 0.142 bits per heavy atom. The number of nitrogens with zero attached hydrogens (tertiary/aromatic N) is 2. The summed E-state index contributed by atoms with van der Waals surface area (Å²) in [5, 5.41) is 4.96. The van der Waals surface area contributed by atoms with E-state index in [4.69, 9.17) is 0 Å². The second kappa shape index (κ2) is 34.6. The van der Waals surface area contributed by atoms with Crippen LogP contribution in [0.15, 0.2) is 510 Å². The average molecular weight is 1620 g/mol. The van der Waals surface area contributed by atoms with Gasteiger partial charge in [-0.05, 0) is 256 Å². The van der Waals surface area contributed by atoms with E-state index in [1.54, 1.807) is 0 Å². The van der Waals surface area contributed by atoms with E-state index in [1.807, 2.05) is 0 Å². The van der Waals surface area contributed by atoms with Crippen molar-refractivity contribution in [2.45, 2.75) is 19.3 Å². The van der Waals surface area contributed by atoms with Crippen LogP contribution in [0.25, 0.3) is 166 Å². The van der Waals surface area contributed by atoms with E-state index < -0.39 is 0 Å². The van der Waals surface area contributed by atoms with Crippen LogP contribution in [0.3, 0.4) is 0 Å². The molecule has 0 atom stereocenters. The third-order valence-corrected chi connectivity index (χ3v) is 25.3. The Morgan fingerprint density at radius 2 is 0.362 bits per heavy atom. The average Bonchev–Trinajstić information content (AvgIpc) is 1.58. The fourth-order valence-corrected chi connectivity index (χ4v) is 19.5. The van der Waals surface area contributed by atoms with Crippen molar-refractivity contribution in [1.82, 2.24) is 0 Å². The van der Waals surface area contributed by atoms with Crippen molar-refractivity contribution in [3.63, 3.8) is 0 Å². The van der Waals surface area contributed by atoms with Gasteiger partial charge in [0.25, 0.3) is 0 Å². The number of hydrogen-bond donors (Lipinski definition) is 0. The molecule has 22 rings (SSSR count). The van der Waals surface area contributed by atoms with Crippen molar-refractivity contribution in [2.75, 3.05) is 9.80 Å². The van der Waals surface area contributed by atoms with Crippen molar-refractivity contribution in [2.24, 2.45) is 0 Å². The third kappa shape index (κ3) is 15.0. The van der Waals surface area contributed by atoms with Crippen molar-refractivity contribution in [1.29, 1.82) is 0 Å².